The van der Waals surface area contributed by atoms with Gasteiger partial charge in [0.1, 0.15) is 5.01 Å². The van der Waals surface area contributed by atoms with E-state index in [2.05, 4.69) is 20.7 Å². The summed E-state index contributed by atoms with van der Waals surface area (Å²) in [6.07, 6.45) is 1.59. The van der Waals surface area contributed by atoms with E-state index in [0.717, 1.165) is 5.56 Å². The molecular formula is C13H15N5O3S. The first kappa shape index (κ1) is 15.7. The molecule has 8 nitrogen and oxygen atoms in total. The number of nitrogens with zero attached hydrogens (tertiary/aromatic N) is 3. The molecule has 0 fully saturated rings. The zero-order valence-corrected chi connectivity index (χ0v) is 12.9. The van der Waals surface area contributed by atoms with Crippen LogP contribution in [0, 0.1) is 0 Å². The van der Waals surface area contributed by atoms with Crippen molar-refractivity contribution in [2.45, 2.75) is 6.42 Å². The van der Waals surface area contributed by atoms with Crippen molar-refractivity contribution in [3.63, 3.8) is 0 Å². The van der Waals surface area contributed by atoms with Gasteiger partial charge >= 0.3 is 0 Å². The fourth-order valence-electron chi connectivity index (χ4n) is 1.63. The first-order valence-corrected chi connectivity index (χ1v) is 7.06. The minimum absolute atomic E-state index is 0.0815. The van der Waals surface area contributed by atoms with Crippen molar-refractivity contribution in [2.24, 2.45) is 5.10 Å². The molecule has 0 spiro atoms. The van der Waals surface area contributed by atoms with E-state index in [4.69, 9.17) is 15.2 Å². The Kier molecular flexibility index (Phi) is 5.26. The number of anilines is 1. The fraction of sp³-hybridized carbons (Fsp3) is 0.231. The largest absolute Gasteiger partial charge is 0.493 e. The molecule has 1 amide bonds. The molecule has 0 saturated carbocycles. The van der Waals surface area contributed by atoms with Crippen LogP contribution in [0.4, 0.5) is 5.13 Å². The molecule has 0 bridgehead atoms. The van der Waals surface area contributed by atoms with E-state index < -0.39 is 0 Å². The number of ether oxygens (including phenoxy) is 2. The first-order chi connectivity index (χ1) is 10.6. The molecule has 0 aliphatic rings. The maximum atomic E-state index is 11.7. The normalized spacial score (nSPS) is 10.6. The van der Waals surface area contributed by atoms with E-state index in [1.165, 1.54) is 17.6 Å². The number of hydrogen-bond donors (Lipinski definition) is 2. The Hall–Kier alpha value is -2.68. The third-order valence-corrected chi connectivity index (χ3v) is 3.36. The van der Waals surface area contributed by atoms with Crippen molar-refractivity contribution in [3.05, 3.63) is 28.8 Å². The predicted molar refractivity (Wildman–Crippen MR) is 83.3 cm³/mol. The van der Waals surface area contributed by atoms with Gasteiger partial charge in [0.15, 0.2) is 11.5 Å². The number of carbonyl (C=O) groups is 1. The second kappa shape index (κ2) is 7.36. The second-order valence-electron chi connectivity index (χ2n) is 4.12. The quantitative estimate of drug-likeness (QED) is 0.602. The van der Waals surface area contributed by atoms with Gasteiger partial charge in [-0.2, -0.15) is 5.10 Å². The summed E-state index contributed by atoms with van der Waals surface area (Å²) in [5, 5.41) is 12.1. The zero-order chi connectivity index (χ0) is 15.9. The van der Waals surface area contributed by atoms with Crippen LogP contribution in [0.5, 0.6) is 11.5 Å². The lowest BCUT2D eigenvalue weighted by molar-refractivity contribution is -0.120. The molecule has 0 radical (unpaired) electrons. The SMILES string of the molecule is COc1ccc(/C=N\NC(=O)Cc2nnc(N)s2)cc1OC. The summed E-state index contributed by atoms with van der Waals surface area (Å²) in [6.45, 7) is 0. The summed E-state index contributed by atoms with van der Waals surface area (Å²) < 4.78 is 10.3. The molecule has 0 aliphatic heterocycles. The third-order valence-electron chi connectivity index (χ3n) is 2.60. The van der Waals surface area contributed by atoms with Crippen molar-refractivity contribution in [1.82, 2.24) is 15.6 Å². The van der Waals surface area contributed by atoms with Gasteiger partial charge in [0.05, 0.1) is 26.9 Å². The number of hydrazone groups is 1. The van der Waals surface area contributed by atoms with E-state index in [0.29, 0.717) is 21.6 Å². The number of benzene rings is 1. The summed E-state index contributed by atoms with van der Waals surface area (Å²) >= 11 is 1.17. The minimum Gasteiger partial charge on any atom is -0.493 e. The van der Waals surface area contributed by atoms with Gasteiger partial charge in [-0.1, -0.05) is 11.3 Å². The van der Waals surface area contributed by atoms with Crippen molar-refractivity contribution in [1.29, 1.82) is 0 Å². The number of amides is 1. The number of rotatable bonds is 6. The molecule has 0 saturated heterocycles. The predicted octanol–water partition coefficient (Wildman–Crippen LogP) is 0.830. The highest BCUT2D eigenvalue weighted by Crippen LogP contribution is 2.26. The van der Waals surface area contributed by atoms with Crippen LogP contribution < -0.4 is 20.6 Å². The van der Waals surface area contributed by atoms with Gasteiger partial charge in [-0.15, -0.1) is 10.2 Å². The van der Waals surface area contributed by atoms with Gasteiger partial charge in [-0.25, -0.2) is 5.43 Å². The standard InChI is InChI=1S/C13H15N5O3S/c1-20-9-4-3-8(5-10(9)21-2)7-15-16-11(19)6-12-17-18-13(14)22-12/h3-5,7H,6H2,1-2H3,(H2,14,18)(H,16,19)/b15-7-. The van der Waals surface area contributed by atoms with Crippen LogP contribution in [0.2, 0.25) is 0 Å². The number of nitrogens with one attached hydrogen (secondary N) is 1. The van der Waals surface area contributed by atoms with E-state index in [9.17, 15) is 4.79 Å². The zero-order valence-electron chi connectivity index (χ0n) is 12.1. The Morgan fingerprint density at radius 3 is 2.77 bits per heavy atom. The molecule has 1 heterocycles. The Bertz CT molecular complexity index is 686. The maximum Gasteiger partial charge on any atom is 0.247 e. The van der Waals surface area contributed by atoms with Crippen LogP contribution in [-0.4, -0.2) is 36.5 Å². The summed E-state index contributed by atoms with van der Waals surface area (Å²) in [6, 6.07) is 5.30. The Morgan fingerprint density at radius 1 is 1.36 bits per heavy atom. The molecule has 9 heteroatoms. The summed E-state index contributed by atoms with van der Waals surface area (Å²) in [4.78, 5) is 11.7. The minimum atomic E-state index is -0.298. The van der Waals surface area contributed by atoms with Crippen molar-refractivity contribution in [3.8, 4) is 11.5 Å². The smallest absolute Gasteiger partial charge is 0.247 e. The van der Waals surface area contributed by atoms with Crippen LogP contribution in [0.1, 0.15) is 10.6 Å². The van der Waals surface area contributed by atoms with Gasteiger partial charge in [0.25, 0.3) is 0 Å². The molecule has 0 aliphatic carbocycles. The fourth-order valence-corrected chi connectivity index (χ4v) is 2.23. The molecule has 116 valence electrons. The monoisotopic (exact) mass is 321 g/mol. The van der Waals surface area contributed by atoms with Crippen LogP contribution in [0.3, 0.4) is 0 Å². The Balaban J connectivity index is 1.93. The van der Waals surface area contributed by atoms with Gasteiger partial charge in [0.2, 0.25) is 11.0 Å². The third kappa shape index (κ3) is 4.16. The van der Waals surface area contributed by atoms with E-state index in [-0.39, 0.29) is 12.3 Å². The maximum absolute atomic E-state index is 11.7. The topological polar surface area (TPSA) is 112 Å². The molecule has 0 unspecified atom stereocenters. The molecule has 1 aromatic heterocycles. The Labute approximate surface area is 131 Å². The summed E-state index contributed by atoms with van der Waals surface area (Å²) in [7, 11) is 3.11. The number of methoxy groups -OCH3 is 2. The molecule has 1 aromatic carbocycles. The number of aromatic nitrogens is 2. The summed E-state index contributed by atoms with van der Waals surface area (Å²) in [5.74, 6) is 0.910. The van der Waals surface area contributed by atoms with E-state index in [1.807, 2.05) is 0 Å². The summed E-state index contributed by atoms with van der Waals surface area (Å²) in [5.41, 5.74) is 8.62. The van der Waals surface area contributed by atoms with Crippen LogP contribution in [-0.2, 0) is 11.2 Å². The van der Waals surface area contributed by atoms with Crippen LogP contribution in [0.15, 0.2) is 23.3 Å². The van der Waals surface area contributed by atoms with Crippen LogP contribution >= 0.6 is 11.3 Å². The van der Waals surface area contributed by atoms with Gasteiger partial charge in [-0.3, -0.25) is 4.79 Å². The lowest BCUT2D eigenvalue weighted by atomic mass is 10.2. The van der Waals surface area contributed by atoms with Gasteiger partial charge in [-0.05, 0) is 23.8 Å². The molecule has 0 atom stereocenters. The highest BCUT2D eigenvalue weighted by atomic mass is 32.1. The second-order valence-corrected chi connectivity index (χ2v) is 5.21. The van der Waals surface area contributed by atoms with Crippen molar-refractivity contribution in [2.75, 3.05) is 20.0 Å². The molecule has 3 N–H and O–H groups in total. The number of nitrogens with two attached hydrogens (primary N) is 1. The number of nitrogen functional groups attached to an aromatic ring is 1. The van der Waals surface area contributed by atoms with E-state index >= 15 is 0 Å². The van der Waals surface area contributed by atoms with Gasteiger partial charge < -0.3 is 15.2 Å². The molecule has 2 aromatic rings. The lowest BCUT2D eigenvalue weighted by Gasteiger charge is -2.07. The molecular weight excluding hydrogens is 306 g/mol. The lowest BCUT2D eigenvalue weighted by Crippen LogP contribution is -2.19. The average Bonchev–Trinajstić information content (AvgIpc) is 2.92. The van der Waals surface area contributed by atoms with Crippen LogP contribution in [0.25, 0.3) is 0 Å². The van der Waals surface area contributed by atoms with Crippen molar-refractivity contribution >= 4 is 28.6 Å². The number of hydrogen-bond acceptors (Lipinski definition) is 8. The Morgan fingerprint density at radius 2 is 2.14 bits per heavy atom. The highest BCUT2D eigenvalue weighted by molar-refractivity contribution is 7.15. The van der Waals surface area contributed by atoms with Crippen molar-refractivity contribution < 1.29 is 14.3 Å². The average molecular weight is 321 g/mol. The number of carbonyl (C=O) groups excluding carboxylic acids is 1. The first-order valence-electron chi connectivity index (χ1n) is 6.24. The molecule has 22 heavy (non-hydrogen) atoms. The van der Waals surface area contributed by atoms with E-state index in [1.54, 1.807) is 32.4 Å². The molecule has 2 rings (SSSR count). The van der Waals surface area contributed by atoms with Gasteiger partial charge in [0, 0.05) is 0 Å². The highest BCUT2D eigenvalue weighted by Gasteiger charge is 2.07.